The highest BCUT2D eigenvalue weighted by Crippen LogP contribution is 2.38. The van der Waals surface area contributed by atoms with E-state index in [1.165, 1.54) is 12.1 Å². The van der Waals surface area contributed by atoms with E-state index in [0.717, 1.165) is 49.3 Å². The standard InChI is InChI=1S/C21H20F3N5/c22-21(23,24)16-5-3-15(4-6-16)17-12-27-20(25)28-19(17)18-2-1-11-29(18)13-14-7-9-26-10-8-14/h3-10,12,18H,1-2,11,13H2,(H2,25,27,28)/t18-/m1/s1. The van der Waals surface area contributed by atoms with Gasteiger partial charge in [-0.25, -0.2) is 9.97 Å². The molecule has 1 aromatic carbocycles. The van der Waals surface area contributed by atoms with Crippen molar-refractivity contribution in [3.63, 3.8) is 0 Å². The first-order valence-corrected chi connectivity index (χ1v) is 9.35. The summed E-state index contributed by atoms with van der Waals surface area (Å²) in [5, 5.41) is 0. The van der Waals surface area contributed by atoms with E-state index in [1.807, 2.05) is 12.1 Å². The van der Waals surface area contributed by atoms with Crippen LogP contribution in [-0.4, -0.2) is 26.4 Å². The molecule has 8 heteroatoms. The van der Waals surface area contributed by atoms with Gasteiger partial charge in [0.25, 0.3) is 0 Å². The van der Waals surface area contributed by atoms with Crippen LogP contribution in [0, 0.1) is 0 Å². The number of anilines is 1. The van der Waals surface area contributed by atoms with E-state index in [-0.39, 0.29) is 12.0 Å². The number of benzene rings is 1. The summed E-state index contributed by atoms with van der Waals surface area (Å²) < 4.78 is 38.7. The third-order valence-corrected chi connectivity index (χ3v) is 5.17. The minimum Gasteiger partial charge on any atom is -0.368 e. The van der Waals surface area contributed by atoms with Gasteiger partial charge in [-0.2, -0.15) is 13.2 Å². The molecule has 0 bridgehead atoms. The molecule has 2 N–H and O–H groups in total. The number of alkyl halides is 3. The Bertz CT molecular complexity index is 974. The number of nitrogen functional groups attached to an aromatic ring is 1. The lowest BCUT2D eigenvalue weighted by atomic mass is 9.98. The second kappa shape index (κ2) is 7.79. The van der Waals surface area contributed by atoms with Crippen molar-refractivity contribution in [3.8, 4) is 11.1 Å². The summed E-state index contributed by atoms with van der Waals surface area (Å²) in [7, 11) is 0. The summed E-state index contributed by atoms with van der Waals surface area (Å²) in [4.78, 5) is 14.9. The number of halogens is 3. The maximum absolute atomic E-state index is 12.9. The molecule has 0 aliphatic carbocycles. The number of hydrogen-bond acceptors (Lipinski definition) is 5. The lowest BCUT2D eigenvalue weighted by Crippen LogP contribution is -2.24. The maximum Gasteiger partial charge on any atom is 0.416 e. The smallest absolute Gasteiger partial charge is 0.368 e. The molecule has 150 valence electrons. The van der Waals surface area contributed by atoms with E-state index in [4.69, 9.17) is 5.73 Å². The number of hydrogen-bond donors (Lipinski definition) is 1. The van der Waals surface area contributed by atoms with Crippen molar-refractivity contribution in [2.75, 3.05) is 12.3 Å². The van der Waals surface area contributed by atoms with Crippen LogP contribution in [0.15, 0.2) is 55.0 Å². The number of nitrogens with two attached hydrogens (primary N) is 1. The Morgan fingerprint density at radius 2 is 1.79 bits per heavy atom. The van der Waals surface area contributed by atoms with Gasteiger partial charge in [-0.1, -0.05) is 12.1 Å². The van der Waals surface area contributed by atoms with Crippen molar-refractivity contribution in [1.29, 1.82) is 0 Å². The molecule has 0 spiro atoms. The number of likely N-dealkylation sites (tertiary alicyclic amines) is 1. The SMILES string of the molecule is Nc1ncc(-c2ccc(C(F)(F)F)cc2)c([C@H]2CCCN2Cc2ccncc2)n1. The monoisotopic (exact) mass is 399 g/mol. The third kappa shape index (κ3) is 4.22. The third-order valence-electron chi connectivity index (χ3n) is 5.17. The van der Waals surface area contributed by atoms with Crippen molar-refractivity contribution in [2.45, 2.75) is 31.6 Å². The van der Waals surface area contributed by atoms with Crippen LogP contribution in [0.25, 0.3) is 11.1 Å². The van der Waals surface area contributed by atoms with Gasteiger partial charge in [0, 0.05) is 30.7 Å². The molecule has 0 unspecified atom stereocenters. The predicted molar refractivity (Wildman–Crippen MR) is 104 cm³/mol. The van der Waals surface area contributed by atoms with E-state index in [9.17, 15) is 13.2 Å². The summed E-state index contributed by atoms with van der Waals surface area (Å²) >= 11 is 0. The van der Waals surface area contributed by atoms with E-state index in [2.05, 4.69) is 19.9 Å². The highest BCUT2D eigenvalue weighted by Gasteiger charge is 2.32. The topological polar surface area (TPSA) is 67.9 Å². The van der Waals surface area contributed by atoms with E-state index in [1.54, 1.807) is 18.6 Å². The molecule has 2 aromatic heterocycles. The lowest BCUT2D eigenvalue weighted by molar-refractivity contribution is -0.137. The van der Waals surface area contributed by atoms with Crippen LogP contribution >= 0.6 is 0 Å². The molecule has 1 aliphatic rings. The molecule has 1 fully saturated rings. The van der Waals surface area contributed by atoms with Gasteiger partial charge in [-0.15, -0.1) is 0 Å². The van der Waals surface area contributed by atoms with Crippen LogP contribution in [0.2, 0.25) is 0 Å². The summed E-state index contributed by atoms with van der Waals surface area (Å²) in [6.45, 7) is 1.65. The van der Waals surface area contributed by atoms with Gasteiger partial charge in [0.05, 0.1) is 17.3 Å². The molecule has 3 heterocycles. The lowest BCUT2D eigenvalue weighted by Gasteiger charge is -2.26. The molecule has 4 rings (SSSR count). The number of nitrogens with zero attached hydrogens (tertiary/aromatic N) is 4. The van der Waals surface area contributed by atoms with Crippen molar-refractivity contribution in [3.05, 3.63) is 71.8 Å². The molecular weight excluding hydrogens is 379 g/mol. The quantitative estimate of drug-likeness (QED) is 0.701. The molecular formula is C21H20F3N5. The Balaban J connectivity index is 1.68. The second-order valence-electron chi connectivity index (χ2n) is 7.09. The fourth-order valence-corrected chi connectivity index (χ4v) is 3.77. The summed E-state index contributed by atoms with van der Waals surface area (Å²) in [6.07, 6.45) is 2.66. The molecule has 1 atom stereocenters. The highest BCUT2D eigenvalue weighted by atomic mass is 19.4. The minimum absolute atomic E-state index is 0.0192. The number of pyridine rings is 1. The first kappa shape index (κ1) is 19.3. The first-order chi connectivity index (χ1) is 13.9. The highest BCUT2D eigenvalue weighted by molar-refractivity contribution is 5.66. The predicted octanol–water partition coefficient (Wildman–Crippen LogP) is 4.48. The van der Waals surface area contributed by atoms with Crippen LogP contribution in [0.3, 0.4) is 0 Å². The summed E-state index contributed by atoms with van der Waals surface area (Å²) in [6, 6.07) is 9.05. The second-order valence-corrected chi connectivity index (χ2v) is 7.09. The first-order valence-electron chi connectivity index (χ1n) is 9.35. The Hall–Kier alpha value is -3.00. The molecule has 0 saturated carbocycles. The van der Waals surface area contributed by atoms with Crippen molar-refractivity contribution >= 4 is 5.95 Å². The zero-order valence-electron chi connectivity index (χ0n) is 15.6. The van der Waals surface area contributed by atoms with Crippen LogP contribution in [0.4, 0.5) is 19.1 Å². The van der Waals surface area contributed by atoms with Crippen molar-refractivity contribution < 1.29 is 13.2 Å². The normalized spacial score (nSPS) is 17.6. The van der Waals surface area contributed by atoms with Gasteiger partial charge in [0.1, 0.15) is 0 Å². The average molecular weight is 399 g/mol. The van der Waals surface area contributed by atoms with Gasteiger partial charge in [0.15, 0.2) is 0 Å². The molecule has 29 heavy (non-hydrogen) atoms. The number of aromatic nitrogens is 3. The Kier molecular flexibility index (Phi) is 5.19. The maximum atomic E-state index is 12.9. The van der Waals surface area contributed by atoms with Gasteiger partial charge >= 0.3 is 6.18 Å². The van der Waals surface area contributed by atoms with Crippen LogP contribution < -0.4 is 5.73 Å². The Morgan fingerprint density at radius 3 is 2.48 bits per heavy atom. The fourth-order valence-electron chi connectivity index (χ4n) is 3.77. The van der Waals surface area contributed by atoms with Crippen LogP contribution in [-0.2, 0) is 12.7 Å². The molecule has 0 amide bonds. The molecule has 1 saturated heterocycles. The fraction of sp³-hybridized carbons (Fsp3) is 0.286. The van der Waals surface area contributed by atoms with Gasteiger partial charge in [-0.3, -0.25) is 9.88 Å². The van der Waals surface area contributed by atoms with Crippen LogP contribution in [0.1, 0.15) is 35.7 Å². The molecule has 3 aromatic rings. The minimum atomic E-state index is -4.37. The Morgan fingerprint density at radius 1 is 1.07 bits per heavy atom. The number of rotatable bonds is 4. The molecule has 0 radical (unpaired) electrons. The Labute approximate surface area is 166 Å². The molecule has 5 nitrogen and oxygen atoms in total. The molecule has 1 aliphatic heterocycles. The summed E-state index contributed by atoms with van der Waals surface area (Å²) in [5.41, 5.74) is 8.42. The van der Waals surface area contributed by atoms with Gasteiger partial charge < -0.3 is 5.73 Å². The zero-order chi connectivity index (χ0) is 20.4. The van der Waals surface area contributed by atoms with Crippen molar-refractivity contribution in [2.24, 2.45) is 0 Å². The van der Waals surface area contributed by atoms with E-state index in [0.29, 0.717) is 11.1 Å². The summed E-state index contributed by atoms with van der Waals surface area (Å²) in [5.74, 6) is 0.159. The van der Waals surface area contributed by atoms with Gasteiger partial charge in [0.2, 0.25) is 5.95 Å². The average Bonchev–Trinajstić information content (AvgIpc) is 3.16. The van der Waals surface area contributed by atoms with Crippen LogP contribution in [0.5, 0.6) is 0 Å². The largest absolute Gasteiger partial charge is 0.416 e. The van der Waals surface area contributed by atoms with E-state index >= 15 is 0 Å². The van der Waals surface area contributed by atoms with E-state index < -0.39 is 11.7 Å². The zero-order valence-corrected chi connectivity index (χ0v) is 15.6. The van der Waals surface area contributed by atoms with Crippen molar-refractivity contribution in [1.82, 2.24) is 19.9 Å². The van der Waals surface area contributed by atoms with Gasteiger partial charge in [-0.05, 0) is 54.8 Å².